The normalized spacial score (nSPS) is 17.1. The highest BCUT2D eigenvalue weighted by Crippen LogP contribution is 2.41. The molecule has 0 aliphatic carbocycles. The average molecular weight is 696 g/mol. The molecule has 7 rings (SSSR count). The van der Waals surface area contributed by atoms with Gasteiger partial charge >= 0.3 is 0 Å². The number of halogens is 1. The molecule has 3 aromatic carbocycles. The number of aromatic nitrogens is 2. The van der Waals surface area contributed by atoms with Crippen molar-refractivity contribution in [1.29, 1.82) is 0 Å². The summed E-state index contributed by atoms with van der Waals surface area (Å²) in [6, 6.07) is 22.5. The summed E-state index contributed by atoms with van der Waals surface area (Å²) in [4.78, 5) is 18.6. The van der Waals surface area contributed by atoms with Crippen LogP contribution in [0.4, 0.5) is 0 Å². The predicted molar refractivity (Wildman–Crippen MR) is 195 cm³/mol. The largest absolute Gasteiger partial charge is 0.496 e. The van der Waals surface area contributed by atoms with Gasteiger partial charge in [0.15, 0.2) is 0 Å². The highest BCUT2D eigenvalue weighted by Gasteiger charge is 2.36. The molecule has 1 amide bonds. The summed E-state index contributed by atoms with van der Waals surface area (Å²) >= 11 is 7.19. The lowest BCUT2D eigenvalue weighted by Crippen LogP contribution is -2.59. The van der Waals surface area contributed by atoms with Crippen LogP contribution in [0, 0.1) is 0 Å². The summed E-state index contributed by atoms with van der Waals surface area (Å²) in [5.74, 6) is 2.07. The second kappa shape index (κ2) is 14.0. The average Bonchev–Trinajstić information content (AvgIpc) is 3.73. The van der Waals surface area contributed by atoms with Gasteiger partial charge < -0.3 is 34.5 Å². The van der Waals surface area contributed by atoms with Crippen molar-refractivity contribution in [3.63, 3.8) is 0 Å². The topological polar surface area (TPSA) is 110 Å². The minimum atomic E-state index is -0.641. The number of carbonyl (C=O) groups excluding carboxylic acids is 1. The van der Waals surface area contributed by atoms with Crippen molar-refractivity contribution in [2.75, 3.05) is 41.0 Å². The Labute approximate surface area is 296 Å². The van der Waals surface area contributed by atoms with E-state index in [9.17, 15) is 9.90 Å². The van der Waals surface area contributed by atoms with Crippen LogP contribution in [-0.4, -0.2) is 78.1 Å². The highest BCUT2D eigenvalue weighted by molar-refractivity contribution is 6.36. The zero-order chi connectivity index (χ0) is 35.0. The van der Waals surface area contributed by atoms with E-state index in [0.29, 0.717) is 61.5 Å². The molecule has 0 saturated carbocycles. The highest BCUT2D eigenvalue weighted by atomic mass is 35.5. The van der Waals surface area contributed by atoms with E-state index in [4.69, 9.17) is 30.8 Å². The lowest BCUT2D eigenvalue weighted by Gasteiger charge is -2.44. The Morgan fingerprint density at radius 3 is 2.38 bits per heavy atom. The summed E-state index contributed by atoms with van der Waals surface area (Å²) < 4.78 is 19.5. The summed E-state index contributed by atoms with van der Waals surface area (Å²) in [5, 5.41) is 18.2. The van der Waals surface area contributed by atoms with Crippen molar-refractivity contribution in [1.82, 2.24) is 25.1 Å². The lowest BCUT2D eigenvalue weighted by molar-refractivity contribution is -0.119. The molecule has 2 aromatic heterocycles. The van der Waals surface area contributed by atoms with Gasteiger partial charge in [0, 0.05) is 85.6 Å². The predicted octanol–water partition coefficient (Wildman–Crippen LogP) is 5.97. The first-order valence-electron chi connectivity index (χ1n) is 16.8. The van der Waals surface area contributed by atoms with E-state index in [1.54, 1.807) is 21.3 Å². The maximum atomic E-state index is 11.6. The van der Waals surface area contributed by atoms with Crippen LogP contribution < -0.4 is 24.8 Å². The van der Waals surface area contributed by atoms with Crippen molar-refractivity contribution in [3.8, 4) is 45.5 Å². The number of ether oxygens (including phenoxy) is 3. The third-order valence-corrected chi connectivity index (χ3v) is 10.0. The van der Waals surface area contributed by atoms with Gasteiger partial charge in [0.2, 0.25) is 11.8 Å². The monoisotopic (exact) mass is 695 g/mol. The van der Waals surface area contributed by atoms with E-state index in [0.717, 1.165) is 56.5 Å². The molecule has 2 aliphatic rings. The van der Waals surface area contributed by atoms with E-state index in [2.05, 4.69) is 38.3 Å². The molecule has 0 spiro atoms. The lowest BCUT2D eigenvalue weighted by atomic mass is 9.96. The maximum absolute atomic E-state index is 11.6. The molecule has 11 heteroatoms. The zero-order valence-electron chi connectivity index (χ0n) is 28.8. The molecule has 1 atom stereocenters. The molecule has 2 fully saturated rings. The smallest absolute Gasteiger partial charge is 0.220 e. The number of rotatable bonds is 12. The fourth-order valence-corrected chi connectivity index (χ4v) is 7.56. The number of nitrogens with zero attached hydrogens (tertiary/aromatic N) is 3. The van der Waals surface area contributed by atoms with Gasteiger partial charge in [-0.2, -0.15) is 0 Å². The number of hydrogen-bond donors (Lipinski definition) is 3. The fourth-order valence-electron chi connectivity index (χ4n) is 7.24. The Bertz CT molecular complexity index is 2030. The zero-order valence-corrected chi connectivity index (χ0v) is 29.5. The first kappa shape index (κ1) is 33.9. The second-order valence-electron chi connectivity index (χ2n) is 13.4. The number of amides is 1. The van der Waals surface area contributed by atoms with E-state index in [-0.39, 0.29) is 11.9 Å². The number of β-amino-alcohol motifs (C(OH)–C–C–N with tert-alkyl or cyclic N) is 1. The molecule has 10 nitrogen and oxygen atoms in total. The van der Waals surface area contributed by atoms with Crippen LogP contribution in [0.5, 0.6) is 17.4 Å². The van der Waals surface area contributed by atoms with Gasteiger partial charge in [-0.1, -0.05) is 48.0 Å². The van der Waals surface area contributed by atoms with E-state index < -0.39 is 5.60 Å². The van der Waals surface area contributed by atoms with Crippen LogP contribution in [-0.2, 0) is 17.9 Å². The molecular weight excluding hydrogens is 654 g/mol. The first-order valence-corrected chi connectivity index (χ1v) is 17.2. The number of hydrogen-bond acceptors (Lipinski definition) is 8. The number of carbonyl (C=O) groups is 1. The van der Waals surface area contributed by atoms with Crippen molar-refractivity contribution in [2.45, 2.75) is 44.5 Å². The van der Waals surface area contributed by atoms with Gasteiger partial charge in [-0.3, -0.25) is 9.69 Å². The van der Waals surface area contributed by atoms with Crippen LogP contribution in [0.2, 0.25) is 5.02 Å². The first-order chi connectivity index (χ1) is 24.2. The molecule has 5 aromatic rings. The number of pyridine rings is 1. The Morgan fingerprint density at radius 1 is 0.980 bits per heavy atom. The molecule has 2 aliphatic heterocycles. The number of likely N-dealkylation sites (tertiary alicyclic amines) is 1. The van der Waals surface area contributed by atoms with Crippen LogP contribution in [0.3, 0.4) is 0 Å². The van der Waals surface area contributed by atoms with Crippen LogP contribution in [0.15, 0.2) is 72.9 Å². The quantitative estimate of drug-likeness (QED) is 0.147. The Hall–Kier alpha value is -4.61. The SMILES string of the molecule is COc1cc(-n2ccc3c(-c4cccc(-c5ccc(CN6CC(C)(O)C6)c(OC)n5)c4Cl)cccc32)cc(OC)c1CNC[C@@H]1CCC(=O)N1. The van der Waals surface area contributed by atoms with Gasteiger partial charge in [-0.05, 0) is 37.1 Å². The van der Waals surface area contributed by atoms with Gasteiger partial charge in [0.05, 0.1) is 54.4 Å². The molecular formula is C39H42ClN5O5. The van der Waals surface area contributed by atoms with Crippen LogP contribution in [0.1, 0.15) is 30.9 Å². The van der Waals surface area contributed by atoms with Crippen molar-refractivity contribution in [2.24, 2.45) is 0 Å². The van der Waals surface area contributed by atoms with Crippen molar-refractivity contribution >= 4 is 28.4 Å². The third-order valence-electron chi connectivity index (χ3n) is 9.60. The number of fused-ring (bicyclic) bond motifs is 1. The fraction of sp³-hybridized carbons (Fsp3) is 0.333. The number of nitrogens with one attached hydrogen (secondary N) is 2. The second-order valence-corrected chi connectivity index (χ2v) is 13.7. The Morgan fingerprint density at radius 2 is 1.70 bits per heavy atom. The molecule has 2 saturated heterocycles. The number of aliphatic hydroxyl groups is 1. The summed E-state index contributed by atoms with van der Waals surface area (Å²) in [6.07, 6.45) is 3.45. The minimum absolute atomic E-state index is 0.103. The third kappa shape index (κ3) is 6.64. The van der Waals surface area contributed by atoms with Gasteiger partial charge in [0.25, 0.3) is 0 Å². The van der Waals surface area contributed by atoms with Crippen molar-refractivity contribution < 1.29 is 24.1 Å². The van der Waals surface area contributed by atoms with E-state index in [1.165, 1.54) is 0 Å². The van der Waals surface area contributed by atoms with Crippen molar-refractivity contribution in [3.05, 3.63) is 89.1 Å². The Kier molecular flexibility index (Phi) is 9.45. The minimum Gasteiger partial charge on any atom is -0.496 e. The molecule has 4 heterocycles. The number of benzene rings is 3. The van der Waals surface area contributed by atoms with Crippen LogP contribution in [0.25, 0.3) is 39.0 Å². The summed E-state index contributed by atoms with van der Waals surface area (Å²) in [6.45, 7) is 4.94. The summed E-state index contributed by atoms with van der Waals surface area (Å²) in [5.41, 5.74) is 6.57. The molecule has 0 radical (unpaired) electrons. The molecule has 0 bridgehead atoms. The molecule has 0 unspecified atom stereocenters. The van der Waals surface area contributed by atoms with Gasteiger partial charge in [-0.25, -0.2) is 4.98 Å². The standard InChI is InChI=1S/C39H42ClN5O5/c1-39(47)22-44(23-39)21-24-11-13-32(43-38(24)50-4)30-9-5-8-29(37(30)40)27-7-6-10-33-28(27)15-16-45(33)26-17-34(48-2)31(35(18-26)49-3)20-41-19-25-12-14-36(46)42-25/h5-11,13,15-18,25,41,47H,12,14,19-23H2,1-4H3,(H,42,46)/t25-/m0/s1. The van der Waals surface area contributed by atoms with Gasteiger partial charge in [0.1, 0.15) is 11.5 Å². The number of methoxy groups -OCH3 is 3. The Balaban J connectivity index is 1.18. The van der Waals surface area contributed by atoms with Crippen LogP contribution >= 0.6 is 11.6 Å². The molecule has 50 heavy (non-hydrogen) atoms. The molecule has 3 N–H and O–H groups in total. The molecule has 260 valence electrons. The maximum Gasteiger partial charge on any atom is 0.220 e. The summed E-state index contributed by atoms with van der Waals surface area (Å²) in [7, 11) is 4.95. The van der Waals surface area contributed by atoms with E-state index in [1.807, 2.05) is 61.7 Å². The van der Waals surface area contributed by atoms with Gasteiger partial charge in [-0.15, -0.1) is 0 Å². The van der Waals surface area contributed by atoms with E-state index >= 15 is 0 Å².